The van der Waals surface area contributed by atoms with Crippen LogP contribution in [0.1, 0.15) is 20.3 Å². The molecule has 1 amide bonds. The molecule has 0 aromatic heterocycles. The van der Waals surface area contributed by atoms with E-state index in [2.05, 4.69) is 4.99 Å². The molecule has 0 spiro atoms. The minimum absolute atomic E-state index is 0.0651. The quantitative estimate of drug-likeness (QED) is 0.773. The number of sulfone groups is 1. The fourth-order valence-electron chi connectivity index (χ4n) is 3.28. The Labute approximate surface area is 156 Å². The van der Waals surface area contributed by atoms with E-state index in [-0.39, 0.29) is 41.4 Å². The molecule has 3 atom stereocenters. The number of carbonyl (C=O) groups excluding carboxylic acids is 1. The molecule has 1 aromatic carbocycles. The van der Waals surface area contributed by atoms with Crippen molar-refractivity contribution < 1.29 is 22.7 Å². The van der Waals surface area contributed by atoms with Crippen LogP contribution in [0.3, 0.4) is 0 Å². The summed E-state index contributed by atoms with van der Waals surface area (Å²) in [4.78, 5) is 18.6. The zero-order valence-electron chi connectivity index (χ0n) is 14.5. The molecular weight excluding hydrogens is 376 g/mol. The number of ether oxygens (including phenoxy) is 2. The van der Waals surface area contributed by atoms with Crippen molar-refractivity contribution in [1.82, 2.24) is 0 Å². The van der Waals surface area contributed by atoms with E-state index in [0.29, 0.717) is 23.1 Å². The molecule has 2 fully saturated rings. The molecule has 3 aliphatic heterocycles. The van der Waals surface area contributed by atoms with Gasteiger partial charge in [-0.15, -0.1) is 0 Å². The number of hydrogen-bond donors (Lipinski definition) is 0. The van der Waals surface area contributed by atoms with E-state index in [1.165, 1.54) is 11.8 Å². The number of anilines is 1. The Morgan fingerprint density at radius 1 is 1.35 bits per heavy atom. The van der Waals surface area contributed by atoms with Crippen molar-refractivity contribution in [2.75, 3.05) is 23.2 Å². The number of hydrogen-bond acceptors (Lipinski definition) is 6. The second-order valence-corrected chi connectivity index (χ2v) is 10.1. The third-order valence-corrected chi connectivity index (χ3v) is 8.15. The summed E-state index contributed by atoms with van der Waals surface area (Å²) in [7, 11) is -3.09. The maximum absolute atomic E-state index is 12.4. The van der Waals surface area contributed by atoms with Crippen LogP contribution in [0.25, 0.3) is 0 Å². The molecule has 0 saturated carbocycles. The van der Waals surface area contributed by atoms with Gasteiger partial charge in [0.25, 0.3) is 5.91 Å². The van der Waals surface area contributed by atoms with Crippen molar-refractivity contribution in [3.05, 3.63) is 18.2 Å². The first-order valence-corrected chi connectivity index (χ1v) is 11.3. The number of nitrogens with zero attached hydrogens (tertiary/aromatic N) is 2. The highest BCUT2D eigenvalue weighted by molar-refractivity contribution is 8.16. The molecule has 7 nitrogen and oxygen atoms in total. The SMILES string of the molecule is CC[C@H](C)C(=O)N=C1S[C@@H]2CS(=O)(=O)C[C@H]2N1c1ccc2c(c1)OCO2. The van der Waals surface area contributed by atoms with Crippen LogP contribution in [0.5, 0.6) is 11.5 Å². The number of amides is 1. The number of fused-ring (bicyclic) bond motifs is 2. The number of rotatable bonds is 3. The molecular formula is C17H20N2O5S2. The second kappa shape index (κ2) is 6.45. The third kappa shape index (κ3) is 3.07. The Kier molecular flexibility index (Phi) is 4.38. The number of amidine groups is 1. The minimum Gasteiger partial charge on any atom is -0.454 e. The van der Waals surface area contributed by atoms with E-state index in [4.69, 9.17) is 9.47 Å². The molecule has 3 heterocycles. The lowest BCUT2D eigenvalue weighted by Crippen LogP contribution is -2.37. The Hall–Kier alpha value is -1.74. The van der Waals surface area contributed by atoms with Gasteiger partial charge in [0.15, 0.2) is 26.5 Å². The topological polar surface area (TPSA) is 85.3 Å². The lowest BCUT2D eigenvalue weighted by molar-refractivity contribution is -0.121. The number of carbonyl (C=O) groups is 1. The predicted molar refractivity (Wildman–Crippen MR) is 101 cm³/mol. The van der Waals surface area contributed by atoms with Crippen molar-refractivity contribution in [2.24, 2.45) is 10.9 Å². The molecule has 9 heteroatoms. The summed E-state index contributed by atoms with van der Waals surface area (Å²) in [6.07, 6.45) is 0.714. The lowest BCUT2D eigenvalue weighted by Gasteiger charge is -2.24. The Bertz CT molecular complexity index is 883. The van der Waals surface area contributed by atoms with Crippen molar-refractivity contribution >= 4 is 38.4 Å². The molecule has 26 heavy (non-hydrogen) atoms. The van der Waals surface area contributed by atoms with Crippen LogP contribution >= 0.6 is 11.8 Å². The Balaban J connectivity index is 1.73. The molecule has 0 unspecified atom stereocenters. The number of thioether (sulfide) groups is 1. The van der Waals surface area contributed by atoms with Gasteiger partial charge in [0, 0.05) is 22.9 Å². The van der Waals surface area contributed by atoms with Crippen molar-refractivity contribution in [1.29, 1.82) is 0 Å². The average molecular weight is 396 g/mol. The van der Waals surface area contributed by atoms with Gasteiger partial charge in [-0.25, -0.2) is 8.42 Å². The summed E-state index contributed by atoms with van der Waals surface area (Å²) in [6, 6.07) is 5.24. The van der Waals surface area contributed by atoms with Gasteiger partial charge in [0.05, 0.1) is 17.5 Å². The molecule has 0 bridgehead atoms. The van der Waals surface area contributed by atoms with Crippen LogP contribution in [0.15, 0.2) is 23.2 Å². The summed E-state index contributed by atoms with van der Waals surface area (Å²) in [5.74, 6) is 1.11. The summed E-state index contributed by atoms with van der Waals surface area (Å²) in [5, 5.41) is 0.452. The van der Waals surface area contributed by atoms with E-state index in [0.717, 1.165) is 5.69 Å². The van der Waals surface area contributed by atoms with Gasteiger partial charge in [0.2, 0.25) is 6.79 Å². The first-order valence-electron chi connectivity index (χ1n) is 8.56. The normalized spacial score (nSPS) is 28.4. The van der Waals surface area contributed by atoms with E-state index < -0.39 is 9.84 Å². The zero-order chi connectivity index (χ0) is 18.5. The van der Waals surface area contributed by atoms with Crippen LogP contribution in [-0.4, -0.2) is 49.1 Å². The van der Waals surface area contributed by atoms with Gasteiger partial charge in [-0.2, -0.15) is 4.99 Å². The first kappa shape index (κ1) is 17.7. The van der Waals surface area contributed by atoms with E-state index in [9.17, 15) is 13.2 Å². The minimum atomic E-state index is -3.09. The van der Waals surface area contributed by atoms with E-state index in [1.54, 1.807) is 6.07 Å². The number of benzene rings is 1. The highest BCUT2D eigenvalue weighted by Crippen LogP contribution is 2.44. The summed E-state index contributed by atoms with van der Waals surface area (Å²) >= 11 is 1.38. The Morgan fingerprint density at radius 2 is 2.12 bits per heavy atom. The second-order valence-electron chi connectivity index (χ2n) is 6.75. The van der Waals surface area contributed by atoms with E-state index >= 15 is 0 Å². The average Bonchev–Trinajstić information content (AvgIpc) is 3.25. The predicted octanol–water partition coefficient (Wildman–Crippen LogP) is 2.06. The van der Waals surface area contributed by atoms with Gasteiger partial charge in [-0.3, -0.25) is 4.79 Å². The van der Waals surface area contributed by atoms with Gasteiger partial charge >= 0.3 is 0 Å². The molecule has 0 aliphatic carbocycles. The lowest BCUT2D eigenvalue weighted by atomic mass is 10.1. The van der Waals surface area contributed by atoms with Gasteiger partial charge in [-0.1, -0.05) is 25.6 Å². The zero-order valence-corrected chi connectivity index (χ0v) is 16.2. The van der Waals surface area contributed by atoms with Crippen LogP contribution in [0.2, 0.25) is 0 Å². The van der Waals surface area contributed by atoms with Gasteiger partial charge in [0.1, 0.15) is 0 Å². The summed E-state index contributed by atoms with van der Waals surface area (Å²) in [6.45, 7) is 3.96. The van der Waals surface area contributed by atoms with Crippen molar-refractivity contribution in [2.45, 2.75) is 31.6 Å². The van der Waals surface area contributed by atoms with Crippen LogP contribution < -0.4 is 14.4 Å². The third-order valence-electron chi connectivity index (χ3n) is 4.94. The fourth-order valence-corrected chi connectivity index (χ4v) is 7.20. The van der Waals surface area contributed by atoms with Crippen LogP contribution in [0, 0.1) is 5.92 Å². The molecule has 4 rings (SSSR count). The Morgan fingerprint density at radius 3 is 2.88 bits per heavy atom. The molecule has 1 aromatic rings. The summed E-state index contributed by atoms with van der Waals surface area (Å²) in [5.41, 5.74) is 0.766. The smallest absolute Gasteiger partial charge is 0.250 e. The molecule has 2 saturated heterocycles. The molecule has 3 aliphatic rings. The summed E-state index contributed by atoms with van der Waals surface area (Å²) < 4.78 is 35.0. The number of aliphatic imine (C=N–C) groups is 1. The van der Waals surface area contributed by atoms with Crippen molar-refractivity contribution in [3.63, 3.8) is 0 Å². The van der Waals surface area contributed by atoms with Crippen LogP contribution in [-0.2, 0) is 14.6 Å². The van der Waals surface area contributed by atoms with Crippen molar-refractivity contribution in [3.8, 4) is 11.5 Å². The van der Waals surface area contributed by atoms with Gasteiger partial charge in [-0.05, 0) is 18.6 Å². The van der Waals surface area contributed by atoms with Crippen LogP contribution in [0.4, 0.5) is 5.69 Å². The first-order chi connectivity index (χ1) is 12.4. The van der Waals surface area contributed by atoms with Gasteiger partial charge < -0.3 is 14.4 Å². The largest absolute Gasteiger partial charge is 0.454 e. The fraction of sp³-hybridized carbons (Fsp3) is 0.529. The highest BCUT2D eigenvalue weighted by atomic mass is 32.2. The maximum atomic E-state index is 12.4. The monoisotopic (exact) mass is 396 g/mol. The van der Waals surface area contributed by atoms with E-state index in [1.807, 2.05) is 30.9 Å². The molecule has 140 valence electrons. The standard InChI is InChI=1S/C17H20N2O5S2/c1-3-10(2)16(20)18-17-19(12-7-26(21,22)8-15(12)25-17)11-4-5-13-14(6-11)24-9-23-13/h4-6,10,12,15H,3,7-9H2,1-2H3/t10-,12+,15+/m0/s1. The highest BCUT2D eigenvalue weighted by Gasteiger charge is 2.49. The maximum Gasteiger partial charge on any atom is 0.250 e. The molecule has 0 N–H and O–H groups in total. The molecule has 0 radical (unpaired) electrons.